The minimum Gasteiger partial charge on any atom is -0.383 e. The van der Waals surface area contributed by atoms with E-state index < -0.39 is 11.2 Å². The summed E-state index contributed by atoms with van der Waals surface area (Å²) in [6.45, 7) is 4.21. The summed E-state index contributed by atoms with van der Waals surface area (Å²) in [7, 11) is 1.72. The van der Waals surface area contributed by atoms with Crippen LogP contribution in [0.5, 0.6) is 0 Å². The lowest BCUT2D eigenvalue weighted by Crippen LogP contribution is -2.42. The number of hydrogen-bond donors (Lipinski definition) is 3. The van der Waals surface area contributed by atoms with Crippen molar-refractivity contribution in [2.45, 2.75) is 63.6 Å². The van der Waals surface area contributed by atoms with Crippen LogP contribution in [0, 0.1) is 22.6 Å². The number of rotatable bonds is 10. The first kappa shape index (κ1) is 27.5. The molecule has 2 fully saturated rings. The van der Waals surface area contributed by atoms with E-state index in [2.05, 4.69) is 38.9 Å². The van der Waals surface area contributed by atoms with E-state index in [0.717, 1.165) is 31.5 Å². The van der Waals surface area contributed by atoms with Crippen molar-refractivity contribution >= 4 is 23.2 Å². The second-order valence-electron chi connectivity index (χ2n) is 10.2. The minimum atomic E-state index is -0.593. The molecule has 0 spiro atoms. The predicted molar refractivity (Wildman–Crippen MR) is 143 cm³/mol. The van der Waals surface area contributed by atoms with Gasteiger partial charge in [0.2, 0.25) is 0 Å². The standard InChI is InChI=1S/C27H36ClFN6O2/c1-18(15-36-2)33-19-3-5-20(6-4-19)34-25-13-21(22(28)14-31-25)24-8-7-23(29)26(35-24)32-17-27(16-30)9-11-37-12-10-27/h7-8,13-14,18-20,33H,3-6,9-12,15,17H2,1-2H3,(H,31,34)(H,32,35)/t18-,19-,20-/m0/s1. The second-order valence-corrected chi connectivity index (χ2v) is 10.6. The van der Waals surface area contributed by atoms with Crippen LogP contribution in [0.2, 0.25) is 5.02 Å². The van der Waals surface area contributed by atoms with E-state index in [-0.39, 0.29) is 5.82 Å². The molecule has 1 aliphatic heterocycles. The molecule has 2 aliphatic rings. The Bertz CT molecular complexity index is 1080. The molecule has 2 aromatic rings. The third-order valence-corrected chi connectivity index (χ3v) is 7.58. The van der Waals surface area contributed by atoms with E-state index in [0.29, 0.717) is 73.6 Å². The summed E-state index contributed by atoms with van der Waals surface area (Å²) in [5.41, 5.74) is 0.619. The van der Waals surface area contributed by atoms with Crippen molar-refractivity contribution in [1.82, 2.24) is 15.3 Å². The van der Waals surface area contributed by atoms with E-state index >= 15 is 0 Å². The molecule has 37 heavy (non-hydrogen) atoms. The molecule has 0 bridgehead atoms. The van der Waals surface area contributed by atoms with Crippen LogP contribution in [-0.4, -0.2) is 61.6 Å². The zero-order valence-electron chi connectivity index (χ0n) is 21.5. The van der Waals surface area contributed by atoms with Crippen molar-refractivity contribution in [3.8, 4) is 17.3 Å². The highest BCUT2D eigenvalue weighted by atomic mass is 35.5. The predicted octanol–water partition coefficient (Wildman–Crippen LogP) is 5.02. The Hall–Kier alpha value is -2.51. The van der Waals surface area contributed by atoms with Crippen LogP contribution in [0.3, 0.4) is 0 Å². The molecule has 10 heteroatoms. The molecule has 1 saturated carbocycles. The maximum Gasteiger partial charge on any atom is 0.165 e. The molecule has 1 aliphatic carbocycles. The first-order valence-corrected chi connectivity index (χ1v) is 13.4. The van der Waals surface area contributed by atoms with Crippen LogP contribution in [0.4, 0.5) is 16.0 Å². The van der Waals surface area contributed by atoms with Crippen LogP contribution in [0.25, 0.3) is 11.3 Å². The van der Waals surface area contributed by atoms with E-state index in [4.69, 9.17) is 21.1 Å². The van der Waals surface area contributed by atoms with Crippen LogP contribution in [0.15, 0.2) is 24.4 Å². The number of nitrogens with one attached hydrogen (secondary N) is 3. The Morgan fingerprint density at radius 3 is 2.68 bits per heavy atom. The first-order chi connectivity index (χ1) is 17.9. The van der Waals surface area contributed by atoms with E-state index in [1.165, 1.54) is 6.07 Å². The molecule has 8 nitrogen and oxygen atoms in total. The van der Waals surface area contributed by atoms with Crippen molar-refractivity contribution in [2.75, 3.05) is 44.1 Å². The zero-order chi connectivity index (χ0) is 26.3. The number of pyridine rings is 2. The molecular formula is C27H36ClFN6O2. The normalized spacial score (nSPS) is 22.1. The van der Waals surface area contributed by atoms with Crippen molar-refractivity contribution in [1.29, 1.82) is 5.26 Å². The summed E-state index contributed by atoms with van der Waals surface area (Å²) in [6, 6.07) is 8.38. The Morgan fingerprint density at radius 1 is 1.24 bits per heavy atom. The largest absolute Gasteiger partial charge is 0.383 e. The average molecular weight is 531 g/mol. The third-order valence-electron chi connectivity index (χ3n) is 7.27. The molecule has 1 atom stereocenters. The van der Waals surface area contributed by atoms with Gasteiger partial charge in [-0.1, -0.05) is 11.6 Å². The second kappa shape index (κ2) is 12.8. The van der Waals surface area contributed by atoms with Gasteiger partial charge in [-0.15, -0.1) is 0 Å². The van der Waals surface area contributed by atoms with Gasteiger partial charge in [-0.05, 0) is 63.6 Å². The Labute approximate surface area is 223 Å². The van der Waals surface area contributed by atoms with Gasteiger partial charge in [-0.25, -0.2) is 14.4 Å². The summed E-state index contributed by atoms with van der Waals surface area (Å²) in [4.78, 5) is 8.98. The average Bonchev–Trinajstić information content (AvgIpc) is 2.91. The fourth-order valence-electron chi connectivity index (χ4n) is 5.09. The monoisotopic (exact) mass is 530 g/mol. The number of ether oxygens (including phenoxy) is 2. The molecule has 2 aromatic heterocycles. The smallest absolute Gasteiger partial charge is 0.165 e. The van der Waals surface area contributed by atoms with Gasteiger partial charge in [0.05, 0.1) is 28.8 Å². The third kappa shape index (κ3) is 7.29. The molecular weight excluding hydrogens is 495 g/mol. The number of hydrogen-bond acceptors (Lipinski definition) is 8. The van der Waals surface area contributed by atoms with Gasteiger partial charge in [0.15, 0.2) is 11.6 Å². The Kier molecular flexibility index (Phi) is 9.54. The highest BCUT2D eigenvalue weighted by molar-refractivity contribution is 6.33. The fraction of sp³-hybridized carbons (Fsp3) is 0.593. The molecule has 3 N–H and O–H groups in total. The topological polar surface area (TPSA) is 104 Å². The number of methoxy groups -OCH3 is 1. The van der Waals surface area contributed by atoms with Crippen LogP contribution >= 0.6 is 11.6 Å². The Morgan fingerprint density at radius 2 is 1.97 bits per heavy atom. The summed E-state index contributed by atoms with van der Waals surface area (Å²) < 4.78 is 25.2. The molecule has 200 valence electrons. The number of anilines is 2. The van der Waals surface area contributed by atoms with Gasteiger partial charge >= 0.3 is 0 Å². The highest BCUT2D eigenvalue weighted by Crippen LogP contribution is 2.33. The van der Waals surface area contributed by atoms with Crippen LogP contribution in [0.1, 0.15) is 45.4 Å². The van der Waals surface area contributed by atoms with Crippen molar-refractivity contribution in [3.63, 3.8) is 0 Å². The maximum absolute atomic E-state index is 14.6. The molecule has 0 radical (unpaired) electrons. The molecule has 1 saturated heterocycles. The molecule has 0 aromatic carbocycles. The van der Waals surface area contributed by atoms with Gasteiger partial charge in [-0.2, -0.15) is 5.26 Å². The Balaban J connectivity index is 1.41. The molecule has 4 rings (SSSR count). The van der Waals surface area contributed by atoms with Crippen molar-refractivity contribution in [3.05, 3.63) is 35.2 Å². The quantitative estimate of drug-likeness (QED) is 0.393. The lowest BCUT2D eigenvalue weighted by molar-refractivity contribution is 0.0455. The lowest BCUT2D eigenvalue weighted by atomic mass is 9.82. The number of nitrogens with zero attached hydrogens (tertiary/aromatic N) is 3. The van der Waals surface area contributed by atoms with Crippen molar-refractivity contribution in [2.24, 2.45) is 5.41 Å². The summed E-state index contributed by atoms with van der Waals surface area (Å²) in [6.07, 6.45) is 7.04. The van der Waals surface area contributed by atoms with Crippen LogP contribution in [-0.2, 0) is 9.47 Å². The van der Waals surface area contributed by atoms with E-state index in [9.17, 15) is 9.65 Å². The van der Waals surface area contributed by atoms with Gasteiger partial charge in [-0.3, -0.25) is 0 Å². The number of halogens is 2. The van der Waals surface area contributed by atoms with Gasteiger partial charge in [0.25, 0.3) is 0 Å². The lowest BCUT2D eigenvalue weighted by Gasteiger charge is -2.32. The van der Waals surface area contributed by atoms with Gasteiger partial charge in [0.1, 0.15) is 5.82 Å². The number of nitriles is 1. The van der Waals surface area contributed by atoms with Gasteiger partial charge < -0.3 is 25.4 Å². The zero-order valence-corrected chi connectivity index (χ0v) is 22.3. The van der Waals surface area contributed by atoms with Crippen molar-refractivity contribution < 1.29 is 13.9 Å². The first-order valence-electron chi connectivity index (χ1n) is 13.0. The van der Waals surface area contributed by atoms with E-state index in [1.807, 2.05) is 6.07 Å². The summed E-state index contributed by atoms with van der Waals surface area (Å²) in [5, 5.41) is 20.4. The minimum absolute atomic E-state index is 0.106. The SMILES string of the molecule is COC[C@H](C)N[C@H]1CC[C@H](Nc2cc(-c3ccc(F)c(NCC4(C#N)CCOCC4)n3)c(Cl)cn2)CC1. The van der Waals surface area contributed by atoms with Gasteiger partial charge in [0, 0.05) is 56.8 Å². The molecule has 3 heterocycles. The number of aromatic nitrogens is 2. The summed E-state index contributed by atoms with van der Waals surface area (Å²) >= 11 is 6.48. The molecule has 0 unspecified atom stereocenters. The molecule has 0 amide bonds. The highest BCUT2D eigenvalue weighted by Gasteiger charge is 2.33. The van der Waals surface area contributed by atoms with Crippen LogP contribution < -0.4 is 16.0 Å². The maximum atomic E-state index is 14.6. The summed E-state index contributed by atoms with van der Waals surface area (Å²) in [5.74, 6) is 0.349. The fourth-order valence-corrected chi connectivity index (χ4v) is 5.29. The van der Waals surface area contributed by atoms with E-state index in [1.54, 1.807) is 19.4 Å².